The van der Waals surface area contributed by atoms with Crippen LogP contribution in [0.3, 0.4) is 0 Å². The lowest BCUT2D eigenvalue weighted by Crippen LogP contribution is -2.40. The fourth-order valence-electron chi connectivity index (χ4n) is 1.50. The summed E-state index contributed by atoms with van der Waals surface area (Å²) < 4.78 is 0. The molecule has 0 bridgehead atoms. The maximum atomic E-state index is 9.31. The van der Waals surface area contributed by atoms with E-state index >= 15 is 0 Å². The molecule has 0 radical (unpaired) electrons. The van der Waals surface area contributed by atoms with E-state index in [0.717, 1.165) is 19.3 Å². The van der Waals surface area contributed by atoms with Gasteiger partial charge in [0.15, 0.2) is 0 Å². The molecule has 1 saturated carbocycles. The fourth-order valence-corrected chi connectivity index (χ4v) is 1.50. The lowest BCUT2D eigenvalue weighted by atomic mass is 9.85. The minimum atomic E-state index is -0.584. The van der Waals surface area contributed by atoms with Crippen LogP contribution in [0.15, 0.2) is 0 Å². The molecule has 3 nitrogen and oxygen atoms in total. The molecule has 3 heteroatoms. The number of rotatable bonds is 1. The Morgan fingerprint density at radius 2 is 2.00 bits per heavy atom. The minimum absolute atomic E-state index is 0.115. The average Bonchev–Trinajstić information content (AvgIpc) is 1.95. The summed E-state index contributed by atoms with van der Waals surface area (Å²) in [6.45, 7) is 0.484. The summed E-state index contributed by atoms with van der Waals surface area (Å²) in [6.07, 6.45) is 1.54. The van der Waals surface area contributed by atoms with Crippen LogP contribution in [-0.4, -0.2) is 29.0 Å². The number of aliphatic hydroxyl groups is 2. The van der Waals surface area contributed by atoms with Gasteiger partial charge in [0.25, 0.3) is 0 Å². The zero-order valence-corrected chi connectivity index (χ0v) is 6.03. The van der Waals surface area contributed by atoms with Crippen molar-refractivity contribution in [2.24, 2.45) is 11.7 Å². The fraction of sp³-hybridized carbons (Fsp3) is 1.00. The molecule has 60 valence electrons. The van der Waals surface area contributed by atoms with Crippen molar-refractivity contribution < 1.29 is 10.2 Å². The summed E-state index contributed by atoms with van der Waals surface area (Å²) in [6, 6.07) is 0. The third kappa shape index (κ3) is 1.48. The topological polar surface area (TPSA) is 66.5 Å². The Labute approximate surface area is 60.9 Å². The molecule has 0 aromatic heterocycles. The molecule has 1 rings (SSSR count). The molecule has 1 fully saturated rings. The first-order valence-corrected chi connectivity index (χ1v) is 3.82. The molecule has 1 aliphatic carbocycles. The van der Waals surface area contributed by atoms with Gasteiger partial charge in [-0.05, 0) is 25.3 Å². The normalized spacial score (nSPS) is 41.7. The standard InChI is InChI=1S/C7H15NO2/c8-4-5-2-1-3-6(9)7(5)10/h5-7,9-10H,1-4,8H2/t5-,6+,7+/m1/s1. The van der Waals surface area contributed by atoms with Crippen molar-refractivity contribution in [3.8, 4) is 0 Å². The Hall–Kier alpha value is -0.120. The summed E-state index contributed by atoms with van der Waals surface area (Å²) in [7, 11) is 0. The van der Waals surface area contributed by atoms with E-state index in [4.69, 9.17) is 5.73 Å². The van der Waals surface area contributed by atoms with Crippen molar-refractivity contribution in [1.82, 2.24) is 0 Å². The highest BCUT2D eigenvalue weighted by Crippen LogP contribution is 2.23. The van der Waals surface area contributed by atoms with Crippen LogP contribution in [0.5, 0.6) is 0 Å². The molecule has 0 saturated heterocycles. The van der Waals surface area contributed by atoms with Crippen molar-refractivity contribution in [3.63, 3.8) is 0 Å². The zero-order valence-electron chi connectivity index (χ0n) is 6.03. The van der Waals surface area contributed by atoms with Gasteiger partial charge < -0.3 is 15.9 Å². The summed E-state index contributed by atoms with van der Waals surface area (Å²) in [5.74, 6) is 0.115. The number of hydrogen-bond acceptors (Lipinski definition) is 3. The second kappa shape index (κ2) is 3.32. The van der Waals surface area contributed by atoms with Gasteiger partial charge in [0, 0.05) is 0 Å². The van der Waals surface area contributed by atoms with Gasteiger partial charge in [0.1, 0.15) is 0 Å². The van der Waals surface area contributed by atoms with Gasteiger partial charge in [-0.2, -0.15) is 0 Å². The minimum Gasteiger partial charge on any atom is -0.390 e. The van der Waals surface area contributed by atoms with Gasteiger partial charge >= 0.3 is 0 Å². The van der Waals surface area contributed by atoms with Crippen LogP contribution in [-0.2, 0) is 0 Å². The van der Waals surface area contributed by atoms with Crippen LogP contribution in [0.25, 0.3) is 0 Å². The predicted octanol–water partition coefficient (Wildman–Crippen LogP) is -0.533. The molecule has 10 heavy (non-hydrogen) atoms. The van der Waals surface area contributed by atoms with Crippen LogP contribution in [0.4, 0.5) is 0 Å². The first-order valence-electron chi connectivity index (χ1n) is 3.82. The van der Waals surface area contributed by atoms with Gasteiger partial charge in [-0.15, -0.1) is 0 Å². The molecule has 0 unspecified atom stereocenters. The van der Waals surface area contributed by atoms with Crippen molar-refractivity contribution in [2.45, 2.75) is 31.5 Å². The molecule has 3 atom stereocenters. The van der Waals surface area contributed by atoms with Crippen LogP contribution in [0, 0.1) is 5.92 Å². The van der Waals surface area contributed by atoms with Gasteiger partial charge in [-0.25, -0.2) is 0 Å². The van der Waals surface area contributed by atoms with Gasteiger partial charge in [0.2, 0.25) is 0 Å². The SMILES string of the molecule is NC[C@H]1CCC[C@H](O)[C@H]1O. The molecule has 1 aliphatic rings. The molecule has 0 spiro atoms. The lowest BCUT2D eigenvalue weighted by Gasteiger charge is -2.30. The zero-order chi connectivity index (χ0) is 7.56. The van der Waals surface area contributed by atoms with E-state index in [1.807, 2.05) is 0 Å². The van der Waals surface area contributed by atoms with Crippen LogP contribution in [0.2, 0.25) is 0 Å². The Balaban J connectivity index is 2.42. The van der Waals surface area contributed by atoms with E-state index in [2.05, 4.69) is 0 Å². The van der Waals surface area contributed by atoms with E-state index in [1.54, 1.807) is 0 Å². The highest BCUT2D eigenvalue weighted by atomic mass is 16.3. The molecular weight excluding hydrogens is 130 g/mol. The molecule has 0 heterocycles. The average molecular weight is 145 g/mol. The largest absolute Gasteiger partial charge is 0.390 e. The molecule has 0 aliphatic heterocycles. The Morgan fingerprint density at radius 1 is 1.30 bits per heavy atom. The quantitative estimate of drug-likeness (QED) is 0.464. The Bertz CT molecular complexity index is 108. The third-order valence-corrected chi connectivity index (χ3v) is 2.25. The maximum Gasteiger partial charge on any atom is 0.0839 e. The van der Waals surface area contributed by atoms with Crippen molar-refractivity contribution in [1.29, 1.82) is 0 Å². The van der Waals surface area contributed by atoms with Crippen LogP contribution >= 0.6 is 0 Å². The van der Waals surface area contributed by atoms with E-state index in [9.17, 15) is 10.2 Å². The van der Waals surface area contributed by atoms with Crippen molar-refractivity contribution >= 4 is 0 Å². The second-order valence-corrected chi connectivity index (χ2v) is 2.98. The maximum absolute atomic E-state index is 9.31. The lowest BCUT2D eigenvalue weighted by molar-refractivity contribution is -0.0417. The number of nitrogens with two attached hydrogens (primary N) is 1. The van der Waals surface area contributed by atoms with E-state index in [0.29, 0.717) is 6.54 Å². The van der Waals surface area contributed by atoms with Gasteiger partial charge in [0.05, 0.1) is 12.2 Å². The molecule has 0 aromatic rings. The summed E-state index contributed by atoms with van der Waals surface area (Å²) in [5.41, 5.74) is 5.38. The van der Waals surface area contributed by atoms with Crippen LogP contribution < -0.4 is 5.73 Å². The van der Waals surface area contributed by atoms with Gasteiger partial charge in [-0.3, -0.25) is 0 Å². The third-order valence-electron chi connectivity index (χ3n) is 2.25. The summed E-state index contributed by atoms with van der Waals surface area (Å²) in [5, 5.41) is 18.5. The van der Waals surface area contributed by atoms with Crippen molar-refractivity contribution in [3.05, 3.63) is 0 Å². The Kier molecular flexibility index (Phi) is 2.65. The Morgan fingerprint density at radius 3 is 2.50 bits per heavy atom. The van der Waals surface area contributed by atoms with Crippen LogP contribution in [0.1, 0.15) is 19.3 Å². The summed E-state index contributed by atoms with van der Waals surface area (Å²) in [4.78, 5) is 0. The first-order chi connectivity index (χ1) is 4.75. The highest BCUT2D eigenvalue weighted by Gasteiger charge is 2.28. The number of hydrogen-bond donors (Lipinski definition) is 3. The number of aliphatic hydroxyl groups excluding tert-OH is 2. The molecule has 4 N–H and O–H groups in total. The van der Waals surface area contributed by atoms with E-state index in [1.165, 1.54) is 0 Å². The summed E-state index contributed by atoms with van der Waals surface area (Å²) >= 11 is 0. The predicted molar refractivity (Wildman–Crippen MR) is 38.4 cm³/mol. The van der Waals surface area contributed by atoms with E-state index in [-0.39, 0.29) is 5.92 Å². The van der Waals surface area contributed by atoms with Crippen molar-refractivity contribution in [2.75, 3.05) is 6.54 Å². The highest BCUT2D eigenvalue weighted by molar-refractivity contribution is 4.81. The molecule has 0 amide bonds. The smallest absolute Gasteiger partial charge is 0.0839 e. The first kappa shape index (κ1) is 7.98. The second-order valence-electron chi connectivity index (χ2n) is 2.98. The van der Waals surface area contributed by atoms with E-state index < -0.39 is 12.2 Å². The molecular formula is C7H15NO2. The molecule has 0 aromatic carbocycles. The van der Waals surface area contributed by atoms with Gasteiger partial charge in [-0.1, -0.05) is 6.42 Å². The monoisotopic (exact) mass is 145 g/mol.